The third-order valence-corrected chi connectivity index (χ3v) is 3.17. The number of aromatic nitrogens is 1. The number of rotatable bonds is 5. The molecule has 2 aromatic rings. The number of aryl methyl sites for hydroxylation is 1. The minimum Gasteiger partial charge on any atom is -0.381 e. The maximum absolute atomic E-state index is 12.0. The lowest BCUT2D eigenvalue weighted by Crippen LogP contribution is -2.30. The first-order chi connectivity index (χ1) is 10.1. The Morgan fingerprint density at radius 3 is 2.81 bits per heavy atom. The van der Waals surface area contributed by atoms with Crippen LogP contribution >= 0.6 is 0 Å². The van der Waals surface area contributed by atoms with Crippen molar-refractivity contribution in [2.45, 2.75) is 33.4 Å². The molecule has 0 fully saturated rings. The zero-order valence-corrected chi connectivity index (χ0v) is 12.7. The standard InChI is InChI=1S/C17H21N3O/c1-12(2)20-17(21)14-5-4-6-16(9-14)19-11-15-10-18-8-7-13(15)3/h4-10,12,19H,11H2,1-3H3,(H,20,21). The van der Waals surface area contributed by atoms with Crippen molar-refractivity contribution in [2.75, 3.05) is 5.32 Å². The summed E-state index contributed by atoms with van der Waals surface area (Å²) in [6, 6.07) is 9.64. The molecule has 0 aliphatic heterocycles. The third kappa shape index (κ3) is 4.31. The maximum atomic E-state index is 12.0. The van der Waals surface area contributed by atoms with Gasteiger partial charge in [0, 0.05) is 36.2 Å². The molecule has 0 spiro atoms. The Hall–Kier alpha value is -2.36. The van der Waals surface area contributed by atoms with Gasteiger partial charge in [0.1, 0.15) is 0 Å². The van der Waals surface area contributed by atoms with Gasteiger partial charge < -0.3 is 10.6 Å². The minimum atomic E-state index is -0.0498. The van der Waals surface area contributed by atoms with Gasteiger partial charge >= 0.3 is 0 Å². The average molecular weight is 283 g/mol. The summed E-state index contributed by atoms with van der Waals surface area (Å²) in [5.41, 5.74) is 3.94. The smallest absolute Gasteiger partial charge is 0.251 e. The highest BCUT2D eigenvalue weighted by molar-refractivity contribution is 5.95. The van der Waals surface area contributed by atoms with Gasteiger partial charge in [-0.25, -0.2) is 0 Å². The van der Waals surface area contributed by atoms with Crippen molar-refractivity contribution in [2.24, 2.45) is 0 Å². The first-order valence-corrected chi connectivity index (χ1v) is 7.10. The second-order valence-corrected chi connectivity index (χ2v) is 5.36. The van der Waals surface area contributed by atoms with Crippen molar-refractivity contribution in [3.8, 4) is 0 Å². The number of carbonyl (C=O) groups is 1. The molecular weight excluding hydrogens is 262 g/mol. The molecule has 0 saturated carbocycles. The fraction of sp³-hybridized carbons (Fsp3) is 0.294. The lowest BCUT2D eigenvalue weighted by atomic mass is 10.1. The molecule has 4 heteroatoms. The number of amides is 1. The van der Waals surface area contributed by atoms with Crippen LogP contribution in [-0.4, -0.2) is 16.9 Å². The van der Waals surface area contributed by atoms with Crippen LogP contribution in [0.3, 0.4) is 0 Å². The molecule has 1 aromatic heterocycles. The van der Waals surface area contributed by atoms with E-state index in [0.717, 1.165) is 11.3 Å². The van der Waals surface area contributed by atoms with E-state index >= 15 is 0 Å². The molecule has 0 aliphatic rings. The first kappa shape index (κ1) is 15.0. The fourth-order valence-corrected chi connectivity index (χ4v) is 1.99. The van der Waals surface area contributed by atoms with Crippen LogP contribution in [0.2, 0.25) is 0 Å². The van der Waals surface area contributed by atoms with Gasteiger partial charge in [-0.1, -0.05) is 6.07 Å². The van der Waals surface area contributed by atoms with E-state index in [1.54, 1.807) is 6.20 Å². The van der Waals surface area contributed by atoms with Gasteiger partial charge in [0.15, 0.2) is 0 Å². The lowest BCUT2D eigenvalue weighted by Gasteiger charge is -2.11. The molecule has 4 nitrogen and oxygen atoms in total. The molecule has 1 aromatic carbocycles. The van der Waals surface area contributed by atoms with Crippen molar-refractivity contribution < 1.29 is 4.79 Å². The maximum Gasteiger partial charge on any atom is 0.251 e. The fourth-order valence-electron chi connectivity index (χ4n) is 1.99. The summed E-state index contributed by atoms with van der Waals surface area (Å²) in [7, 11) is 0. The van der Waals surface area contributed by atoms with E-state index in [1.807, 2.05) is 50.4 Å². The predicted octanol–water partition coefficient (Wildman–Crippen LogP) is 3.14. The van der Waals surface area contributed by atoms with Crippen molar-refractivity contribution in [1.29, 1.82) is 0 Å². The molecule has 0 atom stereocenters. The number of anilines is 1. The summed E-state index contributed by atoms with van der Waals surface area (Å²) in [6.07, 6.45) is 3.65. The zero-order chi connectivity index (χ0) is 15.2. The van der Waals surface area contributed by atoms with E-state index in [2.05, 4.69) is 22.5 Å². The molecule has 0 saturated heterocycles. The largest absolute Gasteiger partial charge is 0.381 e. The topological polar surface area (TPSA) is 54.0 Å². The van der Waals surface area contributed by atoms with Gasteiger partial charge in [0.2, 0.25) is 0 Å². The molecular formula is C17H21N3O. The first-order valence-electron chi connectivity index (χ1n) is 7.10. The molecule has 1 heterocycles. The molecule has 2 rings (SSSR count). The number of carbonyl (C=O) groups excluding carboxylic acids is 1. The second-order valence-electron chi connectivity index (χ2n) is 5.36. The number of hydrogen-bond acceptors (Lipinski definition) is 3. The highest BCUT2D eigenvalue weighted by Gasteiger charge is 2.07. The Morgan fingerprint density at radius 2 is 2.10 bits per heavy atom. The summed E-state index contributed by atoms with van der Waals surface area (Å²) in [6.45, 7) is 6.65. The van der Waals surface area contributed by atoms with E-state index in [1.165, 1.54) is 5.56 Å². The Bertz CT molecular complexity index is 623. The predicted molar refractivity (Wildman–Crippen MR) is 85.3 cm³/mol. The normalized spacial score (nSPS) is 10.5. The van der Waals surface area contributed by atoms with Crippen LogP contribution < -0.4 is 10.6 Å². The average Bonchev–Trinajstić information content (AvgIpc) is 2.46. The van der Waals surface area contributed by atoms with Gasteiger partial charge in [-0.05, 0) is 56.2 Å². The number of nitrogens with one attached hydrogen (secondary N) is 2. The summed E-state index contributed by atoms with van der Waals surface area (Å²) in [5, 5.41) is 6.22. The van der Waals surface area contributed by atoms with Crippen LogP contribution in [0.5, 0.6) is 0 Å². The molecule has 0 unspecified atom stereocenters. The Labute approximate surface area is 125 Å². The third-order valence-electron chi connectivity index (χ3n) is 3.17. The van der Waals surface area contributed by atoms with Crippen molar-refractivity contribution in [1.82, 2.24) is 10.3 Å². The summed E-state index contributed by atoms with van der Waals surface area (Å²) in [4.78, 5) is 16.1. The number of benzene rings is 1. The Kier molecular flexibility index (Phi) is 4.93. The quantitative estimate of drug-likeness (QED) is 0.886. The van der Waals surface area contributed by atoms with E-state index in [9.17, 15) is 4.79 Å². The molecule has 110 valence electrons. The Morgan fingerprint density at radius 1 is 1.29 bits per heavy atom. The van der Waals surface area contributed by atoms with Gasteiger partial charge in [-0.2, -0.15) is 0 Å². The van der Waals surface area contributed by atoms with Crippen LogP contribution in [0, 0.1) is 6.92 Å². The number of pyridine rings is 1. The van der Waals surface area contributed by atoms with Crippen LogP contribution in [0.25, 0.3) is 0 Å². The Balaban J connectivity index is 2.04. The number of hydrogen-bond donors (Lipinski definition) is 2. The highest BCUT2D eigenvalue weighted by Crippen LogP contribution is 2.13. The molecule has 0 bridgehead atoms. The van der Waals surface area contributed by atoms with Crippen LogP contribution in [0.15, 0.2) is 42.7 Å². The van der Waals surface area contributed by atoms with Crippen molar-refractivity contribution in [3.05, 3.63) is 59.4 Å². The molecule has 1 amide bonds. The second kappa shape index (κ2) is 6.88. The van der Waals surface area contributed by atoms with E-state index < -0.39 is 0 Å². The summed E-state index contributed by atoms with van der Waals surface area (Å²) >= 11 is 0. The zero-order valence-electron chi connectivity index (χ0n) is 12.7. The minimum absolute atomic E-state index is 0.0498. The van der Waals surface area contributed by atoms with Gasteiger partial charge in [-0.15, -0.1) is 0 Å². The van der Waals surface area contributed by atoms with E-state index in [0.29, 0.717) is 12.1 Å². The van der Waals surface area contributed by atoms with Crippen LogP contribution in [0.1, 0.15) is 35.3 Å². The monoisotopic (exact) mass is 283 g/mol. The molecule has 0 aliphatic carbocycles. The van der Waals surface area contributed by atoms with E-state index in [4.69, 9.17) is 0 Å². The van der Waals surface area contributed by atoms with Crippen LogP contribution in [0.4, 0.5) is 5.69 Å². The van der Waals surface area contributed by atoms with Crippen molar-refractivity contribution >= 4 is 11.6 Å². The van der Waals surface area contributed by atoms with Gasteiger partial charge in [0.05, 0.1) is 0 Å². The highest BCUT2D eigenvalue weighted by atomic mass is 16.1. The molecule has 2 N–H and O–H groups in total. The molecule has 0 radical (unpaired) electrons. The summed E-state index contributed by atoms with van der Waals surface area (Å²) < 4.78 is 0. The van der Waals surface area contributed by atoms with Crippen LogP contribution in [-0.2, 0) is 6.54 Å². The lowest BCUT2D eigenvalue weighted by molar-refractivity contribution is 0.0943. The number of nitrogens with zero attached hydrogens (tertiary/aromatic N) is 1. The van der Waals surface area contributed by atoms with E-state index in [-0.39, 0.29) is 11.9 Å². The SMILES string of the molecule is Cc1ccncc1CNc1cccc(C(=O)NC(C)C)c1. The van der Waals surface area contributed by atoms with Gasteiger partial charge in [0.25, 0.3) is 5.91 Å². The molecule has 21 heavy (non-hydrogen) atoms. The van der Waals surface area contributed by atoms with Gasteiger partial charge in [-0.3, -0.25) is 9.78 Å². The summed E-state index contributed by atoms with van der Waals surface area (Å²) in [5.74, 6) is -0.0498. The van der Waals surface area contributed by atoms with Crippen molar-refractivity contribution in [3.63, 3.8) is 0 Å².